The largest absolute Gasteiger partial charge is 0.389 e. The molecule has 3 atom stereocenters. The van der Waals surface area contributed by atoms with Crippen molar-refractivity contribution in [1.29, 1.82) is 0 Å². The molecule has 7 heteroatoms. The fraction of sp³-hybridized carbons (Fsp3) is 0.167. The lowest BCUT2D eigenvalue weighted by molar-refractivity contribution is -0.136. The number of rotatable bonds is 3. The summed E-state index contributed by atoms with van der Waals surface area (Å²) in [7, 11) is -4.01. The third kappa shape index (κ3) is 3.00. The summed E-state index contributed by atoms with van der Waals surface area (Å²) in [6, 6.07) is 16.1. The molecule has 156 valence electrons. The number of carbonyl (C=O) groups excluding carboxylic acids is 2. The second kappa shape index (κ2) is 7.14. The topological polar surface area (TPSA) is 91.8 Å². The van der Waals surface area contributed by atoms with E-state index < -0.39 is 39.7 Å². The van der Waals surface area contributed by atoms with Gasteiger partial charge in [-0.25, -0.2) is 8.42 Å². The summed E-state index contributed by atoms with van der Waals surface area (Å²) in [5.41, 5.74) is 1.83. The zero-order valence-electron chi connectivity index (χ0n) is 16.4. The molecule has 2 aromatic rings. The number of hydrogen-bond acceptors (Lipinski definition) is 5. The SMILES string of the molecule is O=C1C(=O)C2C(c3ccccc3)=CN(S(=O)(=O)c3ccccc3)C2C2=C1C=CC(O)C2. The van der Waals surface area contributed by atoms with Crippen LogP contribution in [0.5, 0.6) is 0 Å². The van der Waals surface area contributed by atoms with Crippen molar-refractivity contribution in [3.63, 3.8) is 0 Å². The minimum absolute atomic E-state index is 0.0951. The number of allylic oxidation sites excluding steroid dienone is 2. The average Bonchev–Trinajstić information content (AvgIpc) is 3.20. The van der Waals surface area contributed by atoms with Crippen LogP contribution in [-0.4, -0.2) is 41.5 Å². The van der Waals surface area contributed by atoms with Gasteiger partial charge in [0, 0.05) is 18.2 Å². The molecule has 0 radical (unpaired) electrons. The number of carbonyl (C=O) groups is 2. The number of hydrogen-bond donors (Lipinski definition) is 1. The molecular weight excluding hydrogens is 414 g/mol. The van der Waals surface area contributed by atoms with Crippen LogP contribution in [0.15, 0.2) is 95.1 Å². The molecule has 0 spiro atoms. The molecule has 1 aliphatic heterocycles. The number of aliphatic hydroxyl groups excluding tert-OH is 1. The van der Waals surface area contributed by atoms with Crippen molar-refractivity contribution in [2.24, 2.45) is 5.92 Å². The van der Waals surface area contributed by atoms with E-state index in [4.69, 9.17) is 0 Å². The number of ketones is 2. The van der Waals surface area contributed by atoms with Crippen LogP contribution in [0.1, 0.15) is 12.0 Å². The second-order valence-corrected chi connectivity index (χ2v) is 9.63. The first-order valence-electron chi connectivity index (χ1n) is 9.93. The predicted molar refractivity (Wildman–Crippen MR) is 114 cm³/mol. The Morgan fingerprint density at radius 3 is 2.26 bits per heavy atom. The number of benzene rings is 2. The molecular formula is C24H19NO5S. The average molecular weight is 433 g/mol. The van der Waals surface area contributed by atoms with Crippen LogP contribution >= 0.6 is 0 Å². The van der Waals surface area contributed by atoms with Crippen LogP contribution in [0.3, 0.4) is 0 Å². The smallest absolute Gasteiger partial charge is 0.264 e. The molecule has 0 aromatic heterocycles. The molecule has 2 aromatic carbocycles. The highest BCUT2D eigenvalue weighted by molar-refractivity contribution is 7.89. The Morgan fingerprint density at radius 1 is 0.935 bits per heavy atom. The van der Waals surface area contributed by atoms with Gasteiger partial charge in [-0.05, 0) is 28.8 Å². The highest BCUT2D eigenvalue weighted by Gasteiger charge is 2.53. The van der Waals surface area contributed by atoms with Gasteiger partial charge in [0.1, 0.15) is 0 Å². The molecule has 3 unspecified atom stereocenters. The van der Waals surface area contributed by atoms with Crippen molar-refractivity contribution < 1.29 is 23.1 Å². The van der Waals surface area contributed by atoms with Gasteiger partial charge >= 0.3 is 0 Å². The van der Waals surface area contributed by atoms with E-state index in [0.717, 1.165) is 0 Å². The van der Waals surface area contributed by atoms with Crippen LogP contribution in [0.4, 0.5) is 0 Å². The van der Waals surface area contributed by atoms with Crippen molar-refractivity contribution >= 4 is 27.2 Å². The molecule has 0 fully saturated rings. The fourth-order valence-corrected chi connectivity index (χ4v) is 6.11. The van der Waals surface area contributed by atoms with Gasteiger partial charge in [-0.2, -0.15) is 0 Å². The summed E-state index contributed by atoms with van der Waals surface area (Å²) >= 11 is 0. The third-order valence-corrected chi connectivity index (χ3v) is 7.74. The summed E-state index contributed by atoms with van der Waals surface area (Å²) in [6.45, 7) is 0. The number of sulfonamides is 1. The van der Waals surface area contributed by atoms with E-state index in [1.807, 2.05) is 6.07 Å². The normalized spacial score (nSPS) is 25.4. The van der Waals surface area contributed by atoms with Gasteiger partial charge in [-0.3, -0.25) is 13.9 Å². The first-order chi connectivity index (χ1) is 14.9. The fourth-order valence-electron chi connectivity index (χ4n) is 4.57. The Bertz CT molecular complexity index is 1280. The van der Waals surface area contributed by atoms with Crippen LogP contribution in [-0.2, 0) is 19.6 Å². The minimum Gasteiger partial charge on any atom is -0.389 e. The molecule has 0 saturated heterocycles. The lowest BCUT2D eigenvalue weighted by Gasteiger charge is -2.36. The summed E-state index contributed by atoms with van der Waals surface area (Å²) in [5.74, 6) is -2.23. The first kappa shape index (κ1) is 19.7. The maximum atomic E-state index is 13.6. The van der Waals surface area contributed by atoms with Gasteiger partial charge in [0.05, 0.1) is 23.0 Å². The minimum atomic E-state index is -4.01. The molecule has 0 saturated carbocycles. The number of aliphatic hydroxyl groups is 1. The van der Waals surface area contributed by atoms with E-state index in [0.29, 0.717) is 16.7 Å². The number of Topliss-reactive ketones (excluding diaryl/α,β-unsaturated/α-hetero) is 2. The van der Waals surface area contributed by atoms with Crippen molar-refractivity contribution in [3.05, 3.63) is 95.7 Å². The van der Waals surface area contributed by atoms with E-state index in [2.05, 4.69) is 0 Å². The second-order valence-electron chi connectivity index (χ2n) is 7.78. The van der Waals surface area contributed by atoms with Gasteiger partial charge < -0.3 is 5.11 Å². The zero-order chi connectivity index (χ0) is 21.8. The van der Waals surface area contributed by atoms with E-state index in [1.54, 1.807) is 42.5 Å². The quantitative estimate of drug-likeness (QED) is 0.751. The van der Waals surface area contributed by atoms with Gasteiger partial charge in [-0.15, -0.1) is 0 Å². The monoisotopic (exact) mass is 433 g/mol. The maximum Gasteiger partial charge on any atom is 0.264 e. The Morgan fingerprint density at radius 2 is 1.58 bits per heavy atom. The number of nitrogens with zero attached hydrogens (tertiary/aromatic N) is 1. The van der Waals surface area contributed by atoms with Crippen molar-refractivity contribution in [2.45, 2.75) is 23.5 Å². The summed E-state index contributed by atoms with van der Waals surface area (Å²) < 4.78 is 28.4. The molecule has 1 N–H and O–H groups in total. The lowest BCUT2D eigenvalue weighted by atomic mass is 9.72. The highest BCUT2D eigenvalue weighted by Crippen LogP contribution is 2.47. The van der Waals surface area contributed by atoms with Crippen LogP contribution in [0.25, 0.3) is 5.57 Å². The molecule has 1 heterocycles. The summed E-state index contributed by atoms with van der Waals surface area (Å²) in [6.07, 6.45) is 3.62. The van der Waals surface area contributed by atoms with E-state index in [1.165, 1.54) is 34.8 Å². The molecule has 6 nitrogen and oxygen atoms in total. The number of fused-ring (bicyclic) bond motifs is 2. The molecule has 0 bridgehead atoms. The van der Waals surface area contributed by atoms with Crippen molar-refractivity contribution in [1.82, 2.24) is 4.31 Å². The summed E-state index contributed by atoms with van der Waals surface area (Å²) in [5, 5.41) is 10.2. The van der Waals surface area contributed by atoms with E-state index >= 15 is 0 Å². The first-order valence-corrected chi connectivity index (χ1v) is 11.4. The molecule has 31 heavy (non-hydrogen) atoms. The Kier molecular flexibility index (Phi) is 4.53. The zero-order valence-corrected chi connectivity index (χ0v) is 17.2. The van der Waals surface area contributed by atoms with Crippen LogP contribution in [0.2, 0.25) is 0 Å². The lowest BCUT2D eigenvalue weighted by Crippen LogP contribution is -2.48. The van der Waals surface area contributed by atoms with Gasteiger partial charge in [0.25, 0.3) is 10.0 Å². The van der Waals surface area contributed by atoms with Gasteiger partial charge in [-0.1, -0.05) is 60.7 Å². The standard InChI is InChI=1S/C24H19NO5S/c26-16-11-12-18-19(13-16)22-21(24(28)23(18)27)20(15-7-3-1-4-8-15)14-25(22)31(29,30)17-9-5-2-6-10-17/h1-12,14,16,21-22,26H,13H2. The Balaban J connectivity index is 1.74. The highest BCUT2D eigenvalue weighted by atomic mass is 32.2. The predicted octanol–water partition coefficient (Wildman–Crippen LogP) is 2.49. The summed E-state index contributed by atoms with van der Waals surface area (Å²) in [4.78, 5) is 26.2. The Hall–Kier alpha value is -3.29. The molecule has 5 rings (SSSR count). The molecule has 0 amide bonds. The van der Waals surface area contributed by atoms with E-state index in [-0.39, 0.29) is 16.9 Å². The van der Waals surface area contributed by atoms with Crippen LogP contribution < -0.4 is 0 Å². The van der Waals surface area contributed by atoms with Gasteiger partial charge in [0.15, 0.2) is 0 Å². The molecule has 3 aliphatic rings. The maximum absolute atomic E-state index is 13.6. The van der Waals surface area contributed by atoms with E-state index in [9.17, 15) is 23.1 Å². The van der Waals surface area contributed by atoms with Gasteiger partial charge in [0.2, 0.25) is 11.6 Å². The third-order valence-electron chi connectivity index (χ3n) is 5.98. The van der Waals surface area contributed by atoms with Crippen molar-refractivity contribution in [3.8, 4) is 0 Å². The Labute approximate surface area is 179 Å². The van der Waals surface area contributed by atoms with Crippen molar-refractivity contribution in [2.75, 3.05) is 0 Å². The molecule has 2 aliphatic carbocycles. The van der Waals surface area contributed by atoms with Crippen LogP contribution in [0, 0.1) is 5.92 Å².